The molecule has 5 atom stereocenters. The maximum Gasteiger partial charge on any atom is 0.310 e. The van der Waals surface area contributed by atoms with E-state index in [1.165, 1.54) is 6.08 Å². The van der Waals surface area contributed by atoms with Crippen LogP contribution in [0.5, 0.6) is 0 Å². The van der Waals surface area contributed by atoms with Crippen LogP contribution >= 0.6 is 0 Å². The molecule has 24 heavy (non-hydrogen) atoms. The first-order valence-electron chi connectivity index (χ1n) is 6.97. The number of aliphatic hydroxyl groups excluding tert-OH is 5. The predicted molar refractivity (Wildman–Crippen MR) is 80.0 cm³/mol. The molecule has 0 radical (unpaired) electrons. The standard InChI is InChI=1S/C8H12O4.C6H12O6/c1-2-6(8(11)12)4-3-5-7(9)10;7-1-3(9)5(11)6(12)4(10)2-8/h2,6H,1,3-5H2,(H,9,10)(H,11,12);1,3-6,8-12H,2H2. The first kappa shape index (κ1) is 24.4. The summed E-state index contributed by atoms with van der Waals surface area (Å²) >= 11 is 0. The van der Waals surface area contributed by atoms with Gasteiger partial charge in [0, 0.05) is 6.42 Å². The van der Waals surface area contributed by atoms with E-state index in [1.54, 1.807) is 0 Å². The van der Waals surface area contributed by atoms with Gasteiger partial charge in [0.1, 0.15) is 24.4 Å². The molecule has 0 aliphatic carbocycles. The molecule has 5 unspecified atom stereocenters. The Hall–Kier alpha value is -1.85. The lowest BCUT2D eigenvalue weighted by molar-refractivity contribution is -0.141. The highest BCUT2D eigenvalue weighted by atomic mass is 16.4. The van der Waals surface area contributed by atoms with E-state index >= 15 is 0 Å². The van der Waals surface area contributed by atoms with E-state index < -0.39 is 48.9 Å². The summed E-state index contributed by atoms with van der Waals surface area (Å²) in [5.41, 5.74) is 0. The van der Waals surface area contributed by atoms with Gasteiger partial charge in [0.15, 0.2) is 6.29 Å². The minimum Gasteiger partial charge on any atom is -0.481 e. The fourth-order valence-corrected chi connectivity index (χ4v) is 1.43. The predicted octanol–water partition coefficient (Wildman–Crippen LogP) is -2.25. The fourth-order valence-electron chi connectivity index (χ4n) is 1.43. The number of carboxylic acids is 2. The third kappa shape index (κ3) is 10.8. The van der Waals surface area contributed by atoms with Crippen molar-refractivity contribution in [1.82, 2.24) is 0 Å². The van der Waals surface area contributed by atoms with Gasteiger partial charge in [-0.1, -0.05) is 6.08 Å². The van der Waals surface area contributed by atoms with Crippen LogP contribution in [0.25, 0.3) is 0 Å². The van der Waals surface area contributed by atoms with Gasteiger partial charge in [-0.05, 0) is 12.8 Å². The summed E-state index contributed by atoms with van der Waals surface area (Å²) in [6.07, 6.45) is -4.79. The highest BCUT2D eigenvalue weighted by molar-refractivity contribution is 5.72. The van der Waals surface area contributed by atoms with Crippen LogP contribution in [0.4, 0.5) is 0 Å². The molecule has 0 rings (SSSR count). The Morgan fingerprint density at radius 1 is 1.04 bits per heavy atom. The van der Waals surface area contributed by atoms with E-state index in [9.17, 15) is 14.4 Å². The molecule has 140 valence electrons. The average Bonchev–Trinajstić information content (AvgIpc) is 2.55. The van der Waals surface area contributed by atoms with Crippen molar-refractivity contribution < 1.29 is 50.1 Å². The minimum absolute atomic E-state index is 0.0115. The zero-order valence-corrected chi connectivity index (χ0v) is 12.9. The molecule has 0 fully saturated rings. The second kappa shape index (κ2) is 13.6. The van der Waals surface area contributed by atoms with E-state index in [2.05, 4.69) is 6.58 Å². The summed E-state index contributed by atoms with van der Waals surface area (Å²) in [7, 11) is 0. The minimum atomic E-state index is -1.79. The molecule has 0 bridgehead atoms. The number of carbonyl (C=O) groups is 3. The second-order valence-electron chi connectivity index (χ2n) is 4.82. The number of hydrogen-bond acceptors (Lipinski definition) is 8. The number of carboxylic acid groups (broad SMARTS) is 2. The molecular weight excluding hydrogens is 328 g/mol. The summed E-state index contributed by atoms with van der Waals surface area (Å²) in [6, 6.07) is 0. The van der Waals surface area contributed by atoms with Crippen molar-refractivity contribution in [2.24, 2.45) is 5.92 Å². The smallest absolute Gasteiger partial charge is 0.310 e. The maximum absolute atomic E-state index is 10.4. The first-order valence-corrected chi connectivity index (χ1v) is 6.97. The van der Waals surface area contributed by atoms with Crippen LogP contribution in [0, 0.1) is 5.92 Å². The molecule has 0 aromatic heterocycles. The summed E-state index contributed by atoms with van der Waals surface area (Å²) in [5, 5.41) is 60.3. The number of hydrogen-bond donors (Lipinski definition) is 7. The van der Waals surface area contributed by atoms with Crippen LogP contribution in [-0.2, 0) is 14.4 Å². The maximum atomic E-state index is 10.4. The second-order valence-corrected chi connectivity index (χ2v) is 4.82. The van der Waals surface area contributed by atoms with Crippen LogP contribution in [0.15, 0.2) is 12.7 Å². The van der Waals surface area contributed by atoms with Crippen LogP contribution < -0.4 is 0 Å². The summed E-state index contributed by atoms with van der Waals surface area (Å²) in [5.74, 6) is -2.47. The normalized spacial score (nSPS) is 16.5. The van der Waals surface area contributed by atoms with Crippen molar-refractivity contribution in [3.63, 3.8) is 0 Å². The van der Waals surface area contributed by atoms with Crippen molar-refractivity contribution in [2.45, 2.75) is 43.7 Å². The van der Waals surface area contributed by atoms with Gasteiger partial charge in [-0.25, -0.2) is 0 Å². The zero-order chi connectivity index (χ0) is 19.3. The quantitative estimate of drug-likeness (QED) is 0.158. The molecule has 0 saturated carbocycles. The van der Waals surface area contributed by atoms with Crippen molar-refractivity contribution in [3.05, 3.63) is 12.7 Å². The van der Waals surface area contributed by atoms with E-state index in [4.69, 9.17) is 35.7 Å². The van der Waals surface area contributed by atoms with E-state index in [0.717, 1.165) is 0 Å². The fraction of sp³-hybridized carbons (Fsp3) is 0.643. The van der Waals surface area contributed by atoms with E-state index in [-0.39, 0.29) is 12.7 Å². The Morgan fingerprint density at radius 3 is 1.92 bits per heavy atom. The molecule has 0 saturated heterocycles. The van der Waals surface area contributed by atoms with Gasteiger partial charge < -0.3 is 40.5 Å². The zero-order valence-electron chi connectivity index (χ0n) is 12.9. The summed E-state index contributed by atoms with van der Waals surface area (Å²) in [6.45, 7) is 2.59. The van der Waals surface area contributed by atoms with Gasteiger partial charge in [0.05, 0.1) is 12.5 Å². The van der Waals surface area contributed by atoms with Crippen molar-refractivity contribution in [2.75, 3.05) is 6.61 Å². The largest absolute Gasteiger partial charge is 0.481 e. The van der Waals surface area contributed by atoms with Crippen LogP contribution in [0.3, 0.4) is 0 Å². The van der Waals surface area contributed by atoms with Gasteiger partial charge in [-0.2, -0.15) is 0 Å². The Labute approximate surface area is 138 Å². The van der Waals surface area contributed by atoms with Gasteiger partial charge in [0.2, 0.25) is 0 Å². The summed E-state index contributed by atoms with van der Waals surface area (Å²) < 4.78 is 0. The number of carbonyl (C=O) groups excluding carboxylic acids is 1. The molecule has 7 N–H and O–H groups in total. The van der Waals surface area contributed by atoms with Crippen molar-refractivity contribution >= 4 is 18.2 Å². The summed E-state index contributed by atoms with van der Waals surface area (Å²) in [4.78, 5) is 30.3. The number of aliphatic carboxylic acids is 2. The number of aliphatic hydroxyl groups is 5. The van der Waals surface area contributed by atoms with Gasteiger partial charge in [-0.15, -0.1) is 6.58 Å². The number of rotatable bonds is 11. The Bertz CT molecular complexity index is 397. The highest BCUT2D eigenvalue weighted by Gasteiger charge is 2.29. The third-order valence-corrected chi connectivity index (χ3v) is 2.93. The molecule has 10 nitrogen and oxygen atoms in total. The Kier molecular flexibility index (Phi) is 13.8. The van der Waals surface area contributed by atoms with E-state index in [1.807, 2.05) is 0 Å². The molecule has 0 aliphatic rings. The topological polar surface area (TPSA) is 193 Å². The SMILES string of the molecule is C=CC(CCCC(=O)O)C(=O)O.O=CC(O)C(O)C(O)C(O)CO. The van der Waals surface area contributed by atoms with E-state index in [0.29, 0.717) is 12.8 Å². The molecule has 0 aliphatic heterocycles. The van der Waals surface area contributed by atoms with Crippen molar-refractivity contribution in [1.29, 1.82) is 0 Å². The van der Waals surface area contributed by atoms with Crippen LogP contribution in [-0.4, -0.2) is 85.0 Å². The first-order chi connectivity index (χ1) is 11.1. The Morgan fingerprint density at radius 2 is 1.58 bits per heavy atom. The van der Waals surface area contributed by atoms with Gasteiger partial charge in [0.25, 0.3) is 0 Å². The molecular formula is C14H24O10. The van der Waals surface area contributed by atoms with Gasteiger partial charge in [-0.3, -0.25) is 9.59 Å². The van der Waals surface area contributed by atoms with Crippen LogP contribution in [0.1, 0.15) is 19.3 Å². The Balaban J connectivity index is 0. The number of aldehydes is 1. The van der Waals surface area contributed by atoms with Crippen LogP contribution in [0.2, 0.25) is 0 Å². The van der Waals surface area contributed by atoms with Crippen molar-refractivity contribution in [3.8, 4) is 0 Å². The molecule has 0 aromatic rings. The lowest BCUT2D eigenvalue weighted by Gasteiger charge is -2.22. The average molecular weight is 352 g/mol. The third-order valence-electron chi connectivity index (χ3n) is 2.93. The lowest BCUT2D eigenvalue weighted by atomic mass is 10.0. The highest BCUT2D eigenvalue weighted by Crippen LogP contribution is 2.09. The van der Waals surface area contributed by atoms with Gasteiger partial charge >= 0.3 is 11.9 Å². The molecule has 10 heteroatoms. The lowest BCUT2D eigenvalue weighted by Crippen LogP contribution is -2.46. The monoisotopic (exact) mass is 352 g/mol. The molecule has 0 aromatic carbocycles. The molecule has 0 spiro atoms. The molecule has 0 heterocycles. The molecule has 0 amide bonds.